The van der Waals surface area contributed by atoms with Crippen molar-refractivity contribution in [2.45, 2.75) is 20.4 Å². The zero-order valence-corrected chi connectivity index (χ0v) is 9.07. The van der Waals surface area contributed by atoms with Gasteiger partial charge in [-0.25, -0.2) is 0 Å². The molecule has 2 N–H and O–H groups in total. The molecule has 0 aliphatic heterocycles. The van der Waals surface area contributed by atoms with Gasteiger partial charge in [0.25, 0.3) is 0 Å². The van der Waals surface area contributed by atoms with Crippen LogP contribution in [0.4, 0.5) is 0 Å². The van der Waals surface area contributed by atoms with Crippen LogP contribution in [0.25, 0.3) is 0 Å². The van der Waals surface area contributed by atoms with Crippen LogP contribution in [0.5, 0.6) is 5.75 Å². The first-order valence-electron chi connectivity index (χ1n) is 4.03. The van der Waals surface area contributed by atoms with Crippen molar-refractivity contribution in [3.8, 4) is 5.75 Å². The third-order valence-corrected chi connectivity index (χ3v) is 1.96. The van der Waals surface area contributed by atoms with Crippen molar-refractivity contribution in [2.24, 2.45) is 5.73 Å². The van der Waals surface area contributed by atoms with Gasteiger partial charge in [0, 0.05) is 6.54 Å². The second kappa shape index (κ2) is 5.10. The smallest absolute Gasteiger partial charge is 0.124 e. The van der Waals surface area contributed by atoms with E-state index in [0.29, 0.717) is 6.54 Å². The highest BCUT2D eigenvalue weighted by Crippen LogP contribution is 2.23. The number of ether oxygens (including phenoxy) is 1. The number of benzene rings is 1. The Morgan fingerprint density at radius 1 is 1.23 bits per heavy atom. The lowest BCUT2D eigenvalue weighted by atomic mass is 10.1. The van der Waals surface area contributed by atoms with Crippen LogP contribution < -0.4 is 10.5 Å². The number of halogens is 1. The zero-order chi connectivity index (χ0) is 9.14. The number of hydrogen-bond donors (Lipinski definition) is 1. The van der Waals surface area contributed by atoms with E-state index < -0.39 is 0 Å². The monoisotopic (exact) mass is 201 g/mol. The van der Waals surface area contributed by atoms with Gasteiger partial charge in [-0.05, 0) is 30.5 Å². The van der Waals surface area contributed by atoms with Crippen LogP contribution in [-0.4, -0.2) is 7.11 Å². The maximum atomic E-state index is 5.54. The Bertz CT molecular complexity index is 263. The lowest BCUT2D eigenvalue weighted by molar-refractivity contribution is 0.408. The highest BCUT2D eigenvalue weighted by Gasteiger charge is 2.03. The van der Waals surface area contributed by atoms with E-state index in [1.807, 2.05) is 13.8 Å². The summed E-state index contributed by atoms with van der Waals surface area (Å²) in [7, 11) is 1.69. The molecular formula is C10H16ClNO. The molecule has 0 spiro atoms. The quantitative estimate of drug-likeness (QED) is 0.796. The minimum Gasteiger partial charge on any atom is -0.496 e. The van der Waals surface area contributed by atoms with Gasteiger partial charge in [0.1, 0.15) is 5.75 Å². The van der Waals surface area contributed by atoms with E-state index in [0.717, 1.165) is 22.4 Å². The van der Waals surface area contributed by atoms with E-state index in [2.05, 4.69) is 12.1 Å². The molecular weight excluding hydrogens is 186 g/mol. The molecule has 0 aliphatic carbocycles. The van der Waals surface area contributed by atoms with Crippen molar-refractivity contribution in [2.75, 3.05) is 7.11 Å². The molecule has 0 radical (unpaired) electrons. The number of rotatable bonds is 2. The predicted octanol–water partition coefficient (Wildman–Crippen LogP) is 2.19. The van der Waals surface area contributed by atoms with Crippen LogP contribution in [0.3, 0.4) is 0 Å². The van der Waals surface area contributed by atoms with Gasteiger partial charge in [0.05, 0.1) is 7.11 Å². The molecule has 1 aromatic carbocycles. The molecule has 0 unspecified atom stereocenters. The molecule has 0 fully saturated rings. The summed E-state index contributed by atoms with van der Waals surface area (Å²) in [6, 6.07) is 4.12. The summed E-state index contributed by atoms with van der Waals surface area (Å²) in [5.74, 6) is 0.965. The molecule has 13 heavy (non-hydrogen) atoms. The maximum Gasteiger partial charge on any atom is 0.124 e. The normalized spacial score (nSPS) is 9.23. The summed E-state index contributed by atoms with van der Waals surface area (Å²) in [4.78, 5) is 0. The first-order chi connectivity index (χ1) is 5.69. The molecule has 1 aromatic rings. The van der Waals surface area contributed by atoms with Crippen LogP contribution in [0, 0.1) is 13.8 Å². The minimum atomic E-state index is 0. The molecule has 0 bridgehead atoms. The predicted molar refractivity (Wildman–Crippen MR) is 57.6 cm³/mol. The lowest BCUT2D eigenvalue weighted by Crippen LogP contribution is -1.99. The van der Waals surface area contributed by atoms with Crippen molar-refractivity contribution in [1.82, 2.24) is 0 Å². The van der Waals surface area contributed by atoms with E-state index in [1.165, 1.54) is 0 Å². The summed E-state index contributed by atoms with van der Waals surface area (Å²) in [5, 5.41) is 0. The van der Waals surface area contributed by atoms with Gasteiger partial charge in [-0.1, -0.05) is 12.1 Å². The highest BCUT2D eigenvalue weighted by molar-refractivity contribution is 5.85. The molecule has 0 saturated carbocycles. The number of methoxy groups -OCH3 is 1. The van der Waals surface area contributed by atoms with E-state index in [-0.39, 0.29) is 12.4 Å². The summed E-state index contributed by atoms with van der Waals surface area (Å²) in [6.45, 7) is 4.65. The molecule has 0 atom stereocenters. The molecule has 3 heteroatoms. The van der Waals surface area contributed by atoms with Crippen molar-refractivity contribution in [1.29, 1.82) is 0 Å². The van der Waals surface area contributed by atoms with Gasteiger partial charge >= 0.3 is 0 Å². The minimum absolute atomic E-state index is 0. The van der Waals surface area contributed by atoms with E-state index in [9.17, 15) is 0 Å². The Morgan fingerprint density at radius 3 is 2.00 bits per heavy atom. The third-order valence-electron chi connectivity index (χ3n) is 1.96. The fourth-order valence-electron chi connectivity index (χ4n) is 1.48. The standard InChI is InChI=1S/C10H15NO.ClH/c1-7-4-9(6-11)5-8(2)10(7)12-3;/h4-5H,6,11H2,1-3H3;1H. The van der Waals surface area contributed by atoms with Crippen molar-refractivity contribution in [3.63, 3.8) is 0 Å². The fraction of sp³-hybridized carbons (Fsp3) is 0.400. The molecule has 0 heterocycles. The average molecular weight is 202 g/mol. The maximum absolute atomic E-state index is 5.54. The topological polar surface area (TPSA) is 35.2 Å². The Labute approximate surface area is 85.5 Å². The Morgan fingerprint density at radius 2 is 1.69 bits per heavy atom. The number of aryl methyl sites for hydroxylation is 2. The molecule has 0 aliphatic rings. The van der Waals surface area contributed by atoms with Gasteiger partial charge < -0.3 is 10.5 Å². The van der Waals surface area contributed by atoms with Crippen molar-refractivity contribution >= 4 is 12.4 Å². The Balaban J connectivity index is 0.00000144. The molecule has 0 saturated heterocycles. The first kappa shape index (κ1) is 12.3. The van der Waals surface area contributed by atoms with Crippen molar-refractivity contribution < 1.29 is 4.74 Å². The SMILES string of the molecule is COc1c(C)cc(CN)cc1C.Cl. The van der Waals surface area contributed by atoms with Crippen LogP contribution >= 0.6 is 12.4 Å². The van der Waals surface area contributed by atoms with Crippen LogP contribution in [0.1, 0.15) is 16.7 Å². The van der Waals surface area contributed by atoms with Crippen molar-refractivity contribution in [3.05, 3.63) is 28.8 Å². The number of nitrogens with two attached hydrogens (primary N) is 1. The van der Waals surface area contributed by atoms with Gasteiger partial charge in [0.2, 0.25) is 0 Å². The summed E-state index contributed by atoms with van der Waals surface area (Å²) in [5.41, 5.74) is 9.00. The Kier molecular flexibility index (Phi) is 4.81. The lowest BCUT2D eigenvalue weighted by Gasteiger charge is -2.09. The van der Waals surface area contributed by atoms with Gasteiger partial charge in [-0.2, -0.15) is 0 Å². The molecule has 2 nitrogen and oxygen atoms in total. The zero-order valence-electron chi connectivity index (χ0n) is 8.26. The van der Waals surface area contributed by atoms with E-state index in [4.69, 9.17) is 10.5 Å². The highest BCUT2D eigenvalue weighted by atomic mass is 35.5. The Hall–Kier alpha value is -0.730. The summed E-state index contributed by atoms with van der Waals surface area (Å²) in [6.07, 6.45) is 0. The van der Waals surface area contributed by atoms with E-state index in [1.54, 1.807) is 7.11 Å². The van der Waals surface area contributed by atoms with Crippen LogP contribution in [0.15, 0.2) is 12.1 Å². The number of hydrogen-bond acceptors (Lipinski definition) is 2. The van der Waals surface area contributed by atoms with Gasteiger partial charge in [-0.15, -0.1) is 12.4 Å². The second-order valence-electron chi connectivity index (χ2n) is 2.97. The van der Waals surface area contributed by atoms with Crippen LogP contribution in [-0.2, 0) is 6.54 Å². The fourth-order valence-corrected chi connectivity index (χ4v) is 1.48. The molecule has 1 rings (SSSR count). The third kappa shape index (κ3) is 2.61. The first-order valence-corrected chi connectivity index (χ1v) is 4.03. The van der Waals surface area contributed by atoms with E-state index >= 15 is 0 Å². The molecule has 0 aromatic heterocycles. The molecule has 74 valence electrons. The van der Waals surface area contributed by atoms with Crippen LogP contribution in [0.2, 0.25) is 0 Å². The second-order valence-corrected chi connectivity index (χ2v) is 2.97. The molecule has 0 amide bonds. The summed E-state index contributed by atoms with van der Waals surface area (Å²) >= 11 is 0. The summed E-state index contributed by atoms with van der Waals surface area (Å²) < 4.78 is 5.23. The van der Waals surface area contributed by atoms with Gasteiger partial charge in [-0.3, -0.25) is 0 Å². The average Bonchev–Trinajstić information content (AvgIpc) is 2.03. The van der Waals surface area contributed by atoms with Gasteiger partial charge in [0.15, 0.2) is 0 Å². The largest absolute Gasteiger partial charge is 0.496 e.